The Balaban J connectivity index is 1.92. The van der Waals surface area contributed by atoms with Crippen LogP contribution in [-0.4, -0.2) is 70.1 Å². The zero-order chi connectivity index (χ0) is 17.4. The van der Waals surface area contributed by atoms with E-state index >= 15 is 0 Å². The molecule has 5 atom stereocenters. The maximum Gasteiger partial charge on any atom is 0.184 e. The first kappa shape index (κ1) is 18.3. The number of aliphatic hydroxyl groups excluding tert-OH is 4. The van der Waals surface area contributed by atoms with Crippen LogP contribution in [0.5, 0.6) is 0 Å². The topological polar surface area (TPSA) is 116 Å². The number of hydrogen-bond donors (Lipinski definition) is 4. The van der Waals surface area contributed by atoms with Gasteiger partial charge in [-0.15, -0.1) is 0 Å². The number of ether oxygens (including phenoxy) is 2. The summed E-state index contributed by atoms with van der Waals surface area (Å²) in [6.07, 6.45) is -5.14. The summed E-state index contributed by atoms with van der Waals surface area (Å²) in [5, 5.41) is 38.3. The van der Waals surface area contributed by atoms with Gasteiger partial charge in [-0.3, -0.25) is 4.79 Å². The summed E-state index contributed by atoms with van der Waals surface area (Å²) < 4.78 is 10.5. The molecule has 0 saturated carbocycles. The molecule has 2 rings (SSSR count). The van der Waals surface area contributed by atoms with Crippen molar-refractivity contribution in [2.24, 2.45) is 5.41 Å². The van der Waals surface area contributed by atoms with Crippen molar-refractivity contribution in [1.29, 1.82) is 0 Å². The van der Waals surface area contributed by atoms with Crippen LogP contribution in [0.4, 0.5) is 0 Å². The molecule has 1 heterocycles. The maximum absolute atomic E-state index is 11.7. The molecule has 0 bridgehead atoms. The second kappa shape index (κ2) is 6.80. The largest absolute Gasteiger partial charge is 0.387 e. The molecule has 1 aliphatic carbocycles. The van der Waals surface area contributed by atoms with Crippen LogP contribution in [0.1, 0.15) is 20.3 Å². The van der Waals surface area contributed by atoms with Gasteiger partial charge >= 0.3 is 0 Å². The van der Waals surface area contributed by atoms with Crippen molar-refractivity contribution >= 4 is 5.78 Å². The molecule has 130 valence electrons. The fraction of sp³-hybridized carbons (Fsp3) is 0.688. The Morgan fingerprint density at radius 2 is 1.91 bits per heavy atom. The van der Waals surface area contributed by atoms with Gasteiger partial charge in [0.05, 0.1) is 13.2 Å². The summed E-state index contributed by atoms with van der Waals surface area (Å²) in [5.41, 5.74) is 1.16. The lowest BCUT2D eigenvalue weighted by Crippen LogP contribution is -2.58. The molecule has 7 nitrogen and oxygen atoms in total. The fourth-order valence-electron chi connectivity index (χ4n) is 2.79. The van der Waals surface area contributed by atoms with Crippen LogP contribution < -0.4 is 0 Å². The van der Waals surface area contributed by atoms with Crippen molar-refractivity contribution in [2.45, 2.75) is 51.0 Å². The fourth-order valence-corrected chi connectivity index (χ4v) is 2.79. The van der Waals surface area contributed by atoms with Crippen LogP contribution in [0.3, 0.4) is 0 Å². The smallest absolute Gasteiger partial charge is 0.184 e. The van der Waals surface area contributed by atoms with Crippen LogP contribution in [0.2, 0.25) is 0 Å². The molecule has 0 radical (unpaired) electrons. The number of allylic oxidation sites excluding steroid dienone is 1. The van der Waals surface area contributed by atoms with Crippen LogP contribution >= 0.6 is 0 Å². The highest BCUT2D eigenvalue weighted by atomic mass is 16.6. The molecule has 0 unspecified atom stereocenters. The molecule has 1 aliphatic heterocycles. The van der Waals surface area contributed by atoms with Crippen molar-refractivity contribution in [3.05, 3.63) is 23.8 Å². The van der Waals surface area contributed by atoms with Crippen molar-refractivity contribution in [3.63, 3.8) is 0 Å². The lowest BCUT2D eigenvalue weighted by molar-refractivity contribution is -0.288. The van der Waals surface area contributed by atoms with Gasteiger partial charge in [0.2, 0.25) is 0 Å². The highest BCUT2D eigenvalue weighted by Gasteiger charge is 2.43. The Hall–Kier alpha value is -1.09. The van der Waals surface area contributed by atoms with E-state index in [0.717, 1.165) is 5.57 Å². The van der Waals surface area contributed by atoms with E-state index in [1.54, 1.807) is 0 Å². The molecule has 1 saturated heterocycles. The minimum absolute atomic E-state index is 0.00363. The van der Waals surface area contributed by atoms with Gasteiger partial charge in [0.1, 0.15) is 24.4 Å². The minimum Gasteiger partial charge on any atom is -0.387 e. The van der Waals surface area contributed by atoms with Crippen molar-refractivity contribution in [1.82, 2.24) is 0 Å². The van der Waals surface area contributed by atoms with Gasteiger partial charge in [-0.1, -0.05) is 20.4 Å². The highest BCUT2D eigenvalue weighted by Crippen LogP contribution is 2.38. The number of aliphatic hydroxyl groups is 4. The Bertz CT molecular complexity index is 511. The molecule has 2 aliphatic rings. The maximum atomic E-state index is 11.7. The molecule has 4 N–H and O–H groups in total. The molecule has 0 spiro atoms. The van der Waals surface area contributed by atoms with Crippen LogP contribution in [0, 0.1) is 5.41 Å². The predicted octanol–water partition coefficient (Wildman–Crippen LogP) is -0.716. The minimum atomic E-state index is -1.59. The van der Waals surface area contributed by atoms with Gasteiger partial charge < -0.3 is 29.9 Å². The summed E-state index contributed by atoms with van der Waals surface area (Å²) in [6.45, 7) is 7.87. The van der Waals surface area contributed by atoms with Gasteiger partial charge in [0.25, 0.3) is 0 Å². The zero-order valence-electron chi connectivity index (χ0n) is 13.3. The molecule has 0 aromatic carbocycles. The van der Waals surface area contributed by atoms with E-state index in [0.29, 0.717) is 12.0 Å². The average molecular weight is 328 g/mol. The molecule has 23 heavy (non-hydrogen) atoms. The summed E-state index contributed by atoms with van der Waals surface area (Å²) in [7, 11) is 0. The van der Waals surface area contributed by atoms with Gasteiger partial charge in [-0.2, -0.15) is 0 Å². The summed E-state index contributed by atoms with van der Waals surface area (Å²) in [4.78, 5) is 11.7. The highest BCUT2D eigenvalue weighted by molar-refractivity contribution is 5.93. The van der Waals surface area contributed by atoms with Crippen LogP contribution in [0.15, 0.2) is 23.8 Å². The van der Waals surface area contributed by atoms with E-state index in [9.17, 15) is 25.2 Å². The van der Waals surface area contributed by atoms with Crippen molar-refractivity contribution < 1.29 is 34.7 Å². The third kappa shape index (κ3) is 3.88. The van der Waals surface area contributed by atoms with E-state index in [1.807, 2.05) is 13.8 Å². The van der Waals surface area contributed by atoms with Gasteiger partial charge in [-0.05, 0) is 22.6 Å². The normalized spacial score (nSPS) is 37.7. The lowest BCUT2D eigenvalue weighted by Gasteiger charge is -2.38. The first-order chi connectivity index (χ1) is 10.6. The summed E-state index contributed by atoms with van der Waals surface area (Å²) >= 11 is 0. The molecular formula is C16H24O7. The van der Waals surface area contributed by atoms with Crippen LogP contribution in [-0.2, 0) is 14.3 Å². The molecule has 7 heteroatoms. The number of ketones is 1. The van der Waals surface area contributed by atoms with Crippen molar-refractivity contribution in [2.75, 3.05) is 13.2 Å². The van der Waals surface area contributed by atoms with E-state index in [1.165, 1.54) is 6.08 Å². The first-order valence-electron chi connectivity index (χ1n) is 7.52. The Kier molecular flexibility index (Phi) is 5.40. The lowest BCUT2D eigenvalue weighted by atomic mass is 9.73. The van der Waals surface area contributed by atoms with E-state index < -0.39 is 30.7 Å². The Morgan fingerprint density at radius 1 is 1.26 bits per heavy atom. The summed E-state index contributed by atoms with van der Waals surface area (Å²) in [5.74, 6) is 0.00363. The van der Waals surface area contributed by atoms with Gasteiger partial charge in [0.15, 0.2) is 12.1 Å². The number of carbonyl (C=O) groups excluding carboxylic acids is 1. The second-order valence-corrected chi connectivity index (χ2v) is 6.73. The van der Waals surface area contributed by atoms with E-state index in [4.69, 9.17) is 9.47 Å². The van der Waals surface area contributed by atoms with Gasteiger partial charge in [-0.25, -0.2) is 0 Å². The average Bonchev–Trinajstić information content (AvgIpc) is 2.46. The molecule has 1 fully saturated rings. The molecule has 0 aromatic heterocycles. The van der Waals surface area contributed by atoms with Gasteiger partial charge in [0, 0.05) is 6.42 Å². The predicted molar refractivity (Wildman–Crippen MR) is 80.3 cm³/mol. The quantitative estimate of drug-likeness (QED) is 0.538. The van der Waals surface area contributed by atoms with Crippen LogP contribution in [0.25, 0.3) is 0 Å². The Labute approximate surface area is 134 Å². The number of hydrogen-bond acceptors (Lipinski definition) is 7. The van der Waals surface area contributed by atoms with E-state index in [2.05, 4.69) is 6.58 Å². The molecular weight excluding hydrogens is 304 g/mol. The summed E-state index contributed by atoms with van der Waals surface area (Å²) in [6, 6.07) is 0. The number of rotatable bonds is 4. The third-order valence-corrected chi connectivity index (χ3v) is 4.38. The standard InChI is InChI=1S/C16H24O7/c1-8-9(4-10(17)5-16(8,2)3)6-22-7-11-12(18)13(19)14(20)15(21)23-11/h4,11-15,18-21H,1,5-7H2,2-3H3/t11-,12-,13+,14-,15-/m1/s1. The monoisotopic (exact) mass is 328 g/mol. The first-order valence-corrected chi connectivity index (χ1v) is 7.52. The van der Waals surface area contributed by atoms with Crippen molar-refractivity contribution in [3.8, 4) is 0 Å². The Morgan fingerprint density at radius 3 is 2.57 bits per heavy atom. The molecule has 0 aromatic rings. The third-order valence-electron chi connectivity index (χ3n) is 4.38. The zero-order valence-corrected chi connectivity index (χ0v) is 13.3. The van der Waals surface area contributed by atoms with E-state index in [-0.39, 0.29) is 24.4 Å². The molecule has 0 amide bonds. The number of carbonyl (C=O) groups is 1. The second-order valence-electron chi connectivity index (χ2n) is 6.73. The SMILES string of the molecule is C=C1C(COC[C@H]2O[C@@H](O)[C@H](O)[C@@H](O)[C@@H]2O)=CC(=O)CC1(C)C.